The first-order valence-corrected chi connectivity index (χ1v) is 21.3. The Morgan fingerprint density at radius 2 is 1.56 bits per heavy atom. The summed E-state index contributed by atoms with van der Waals surface area (Å²) in [5.74, 6) is -0.703. The van der Waals surface area contributed by atoms with Gasteiger partial charge in [-0.2, -0.15) is 4.98 Å². The molecule has 4 aromatic rings. The summed E-state index contributed by atoms with van der Waals surface area (Å²) in [5.41, 5.74) is 5.31. The maximum atomic E-state index is 13.4. The van der Waals surface area contributed by atoms with Crippen molar-refractivity contribution in [2.45, 2.75) is 50.7 Å². The van der Waals surface area contributed by atoms with Crippen LogP contribution in [-0.2, 0) is 16.0 Å². The summed E-state index contributed by atoms with van der Waals surface area (Å²) < 4.78 is 0. The molecule has 320 valence electrons. The Morgan fingerprint density at radius 3 is 2.32 bits per heavy atom. The van der Waals surface area contributed by atoms with Crippen LogP contribution in [0.4, 0.5) is 34.6 Å². The summed E-state index contributed by atoms with van der Waals surface area (Å²) in [6.07, 6.45) is 6.24. The van der Waals surface area contributed by atoms with Crippen LogP contribution in [0.1, 0.15) is 80.5 Å². The number of nitrogens with zero attached hydrogens (tertiary/aromatic N) is 7. The second-order valence-electron chi connectivity index (χ2n) is 16.4. The first-order valence-electron chi connectivity index (χ1n) is 21.3. The van der Waals surface area contributed by atoms with E-state index in [0.29, 0.717) is 40.9 Å². The molecule has 0 radical (unpaired) electrons. The van der Waals surface area contributed by atoms with E-state index in [1.807, 2.05) is 30.3 Å². The van der Waals surface area contributed by atoms with Crippen LogP contribution in [0.3, 0.4) is 0 Å². The topological polar surface area (TPSA) is 205 Å². The number of carbonyl (C=O) groups excluding carboxylic acids is 5. The van der Waals surface area contributed by atoms with Gasteiger partial charge in [-0.05, 0) is 92.1 Å². The smallest absolute Gasteiger partial charge is 0.262 e. The minimum Gasteiger partial charge on any atom is -0.387 e. The van der Waals surface area contributed by atoms with Gasteiger partial charge >= 0.3 is 0 Å². The zero-order valence-corrected chi connectivity index (χ0v) is 34.3. The van der Waals surface area contributed by atoms with Crippen LogP contribution < -0.4 is 31.1 Å². The van der Waals surface area contributed by atoms with Crippen molar-refractivity contribution in [3.8, 4) is 0 Å². The number of benzene rings is 2. The third-order valence-corrected chi connectivity index (χ3v) is 12.5. The molecular weight excluding hydrogens is 791 g/mol. The fourth-order valence-corrected chi connectivity index (χ4v) is 9.06. The van der Waals surface area contributed by atoms with E-state index in [1.165, 1.54) is 6.20 Å². The van der Waals surface area contributed by atoms with Crippen molar-refractivity contribution in [3.63, 3.8) is 0 Å². The van der Waals surface area contributed by atoms with Gasteiger partial charge in [0.05, 0.1) is 22.9 Å². The molecule has 0 spiro atoms. The summed E-state index contributed by atoms with van der Waals surface area (Å²) in [6, 6.07) is 16.3. The summed E-state index contributed by atoms with van der Waals surface area (Å²) in [4.78, 5) is 85.5. The number of piperidine rings is 2. The summed E-state index contributed by atoms with van der Waals surface area (Å²) in [5, 5.41) is 21.8. The Balaban J connectivity index is 0.761. The van der Waals surface area contributed by atoms with Crippen LogP contribution in [0.2, 0.25) is 0 Å². The molecule has 2 unspecified atom stereocenters. The number of pyridine rings is 1. The highest BCUT2D eigenvalue weighted by atomic mass is 16.3. The third kappa shape index (κ3) is 8.32. The number of hydrogen-bond acceptors (Lipinski definition) is 14. The van der Waals surface area contributed by atoms with E-state index in [1.54, 1.807) is 18.2 Å². The number of aliphatic hydroxyl groups excluding tert-OH is 1. The highest BCUT2D eigenvalue weighted by Gasteiger charge is 2.45. The van der Waals surface area contributed by atoms with Crippen molar-refractivity contribution in [2.24, 2.45) is 5.92 Å². The first-order chi connectivity index (χ1) is 30.1. The van der Waals surface area contributed by atoms with Crippen LogP contribution in [-0.4, -0.2) is 118 Å². The van der Waals surface area contributed by atoms with E-state index in [-0.39, 0.29) is 36.7 Å². The molecule has 17 heteroatoms. The lowest BCUT2D eigenvalue weighted by Crippen LogP contribution is -2.54. The van der Waals surface area contributed by atoms with Crippen LogP contribution in [0.5, 0.6) is 0 Å². The van der Waals surface area contributed by atoms with Gasteiger partial charge in [0, 0.05) is 82.0 Å². The zero-order chi connectivity index (χ0) is 42.9. The second-order valence-corrected chi connectivity index (χ2v) is 16.4. The average Bonchev–Trinajstić information content (AvgIpc) is 3.77. The van der Waals surface area contributed by atoms with Crippen molar-refractivity contribution >= 4 is 64.2 Å². The molecule has 2 aromatic heterocycles. The molecule has 2 atom stereocenters. The number of imide groups is 2. The van der Waals surface area contributed by atoms with Crippen molar-refractivity contribution in [1.29, 1.82) is 0 Å². The summed E-state index contributed by atoms with van der Waals surface area (Å²) in [6.45, 7) is 10.3. The highest BCUT2D eigenvalue weighted by Crippen LogP contribution is 2.33. The second kappa shape index (κ2) is 17.3. The van der Waals surface area contributed by atoms with Gasteiger partial charge in [0.1, 0.15) is 23.2 Å². The van der Waals surface area contributed by atoms with Crippen LogP contribution in [0.25, 0.3) is 0 Å². The molecule has 0 saturated carbocycles. The molecule has 1 aliphatic carbocycles. The normalized spacial score (nSPS) is 20.5. The fourth-order valence-electron chi connectivity index (χ4n) is 9.06. The number of aryl methyl sites for hydroxylation is 1. The largest absolute Gasteiger partial charge is 0.387 e. The van der Waals surface area contributed by atoms with Crippen LogP contribution in [0.15, 0.2) is 73.4 Å². The molecule has 6 heterocycles. The maximum absolute atomic E-state index is 13.4. The van der Waals surface area contributed by atoms with E-state index in [2.05, 4.69) is 69.6 Å². The van der Waals surface area contributed by atoms with Crippen LogP contribution in [0, 0.1) is 5.92 Å². The van der Waals surface area contributed by atoms with Crippen molar-refractivity contribution < 1.29 is 29.1 Å². The lowest BCUT2D eigenvalue weighted by molar-refractivity contribution is -0.136. The predicted molar refractivity (Wildman–Crippen MR) is 232 cm³/mol. The van der Waals surface area contributed by atoms with Gasteiger partial charge in [-0.25, -0.2) is 9.97 Å². The number of carbonyl (C=O) groups is 5. The van der Waals surface area contributed by atoms with Crippen LogP contribution >= 0.6 is 0 Å². The lowest BCUT2D eigenvalue weighted by atomic mass is 9.95. The van der Waals surface area contributed by atoms with Crippen molar-refractivity contribution in [3.05, 3.63) is 101 Å². The van der Waals surface area contributed by atoms with Gasteiger partial charge in [-0.3, -0.25) is 39.1 Å². The molecule has 5 N–H and O–H groups in total. The monoisotopic (exact) mass is 839 g/mol. The predicted octanol–water partition coefficient (Wildman–Crippen LogP) is 3.69. The molecule has 3 saturated heterocycles. The number of piperazine rings is 1. The molecule has 62 heavy (non-hydrogen) atoms. The van der Waals surface area contributed by atoms with Crippen molar-refractivity contribution in [1.82, 2.24) is 35.4 Å². The molecule has 5 aliphatic rings. The standard InChI is InChI=1S/C45H49N11O6/c1-2-17-46-41(59)34-25-47-45(52-40(34)50-37-13-4-28-3-12-36(57)39(28)49-37)48-29-5-7-30(8-6-29)54-18-15-27(16-19-54)26-53-20-22-55(23-21-53)31-9-10-32-33(24-31)44(62)56(43(32)61)35-11-14-38(58)51-42(35)60/h2,4-10,13,24-25,27,35-36,57H,1,3,11-12,14-23,26H2,(H,46,59)(H,51,58,60)(H2,47,48,49,50,52). The van der Waals surface area contributed by atoms with Gasteiger partial charge in [0.25, 0.3) is 17.7 Å². The number of anilines is 6. The minimum absolute atomic E-state index is 0.0880. The van der Waals surface area contributed by atoms with Gasteiger partial charge in [-0.1, -0.05) is 12.1 Å². The number of aromatic nitrogens is 3. The van der Waals surface area contributed by atoms with Crippen molar-refractivity contribution in [2.75, 3.05) is 72.8 Å². The fraction of sp³-hybridized carbons (Fsp3) is 0.378. The van der Waals surface area contributed by atoms with Gasteiger partial charge in [0.2, 0.25) is 17.8 Å². The number of fused-ring (bicyclic) bond motifs is 2. The average molecular weight is 840 g/mol. The Hall–Kier alpha value is -6.72. The summed E-state index contributed by atoms with van der Waals surface area (Å²) >= 11 is 0. The molecule has 3 fully saturated rings. The number of nitrogens with one attached hydrogen (secondary N) is 4. The molecule has 5 amide bonds. The molecular formula is C45H49N11O6. The molecule has 0 bridgehead atoms. The first kappa shape index (κ1) is 40.7. The van der Waals surface area contributed by atoms with E-state index >= 15 is 0 Å². The zero-order valence-electron chi connectivity index (χ0n) is 34.3. The van der Waals surface area contributed by atoms with Gasteiger partial charge in [-0.15, -0.1) is 6.58 Å². The molecule has 9 rings (SSSR count). The van der Waals surface area contributed by atoms with E-state index < -0.39 is 35.8 Å². The number of aliphatic hydroxyl groups is 1. The molecule has 17 nitrogen and oxygen atoms in total. The molecule has 4 aliphatic heterocycles. The highest BCUT2D eigenvalue weighted by molar-refractivity contribution is 6.23. The quantitative estimate of drug-likeness (QED) is 0.102. The Labute approximate surface area is 358 Å². The maximum Gasteiger partial charge on any atom is 0.262 e. The van der Waals surface area contributed by atoms with E-state index in [9.17, 15) is 29.1 Å². The number of hydrogen-bond donors (Lipinski definition) is 5. The Bertz CT molecular complexity index is 2430. The third-order valence-electron chi connectivity index (χ3n) is 12.5. The van der Waals surface area contributed by atoms with Gasteiger partial charge < -0.3 is 30.9 Å². The number of amides is 5. The lowest BCUT2D eigenvalue weighted by Gasteiger charge is -2.40. The van der Waals surface area contributed by atoms with E-state index in [4.69, 9.17) is 0 Å². The molecule has 2 aromatic carbocycles. The van der Waals surface area contributed by atoms with E-state index in [0.717, 1.165) is 92.6 Å². The SMILES string of the molecule is C=CCNC(=O)c1cnc(Nc2ccc(N3CCC(CN4CCN(c5ccc6c(c5)C(=O)N(C5CCC(=O)NC5=O)C6=O)CC4)CC3)cc2)nc1Nc1ccc2c(n1)C(O)CC2. The summed E-state index contributed by atoms with van der Waals surface area (Å²) in [7, 11) is 0. The Kier molecular flexibility index (Phi) is 11.4. The minimum atomic E-state index is -0.978. The van der Waals surface area contributed by atoms with Gasteiger partial charge in [0.15, 0.2) is 0 Å². The Morgan fingerprint density at radius 1 is 0.823 bits per heavy atom. The number of rotatable bonds is 12.